The van der Waals surface area contributed by atoms with E-state index in [0.717, 1.165) is 0 Å². The van der Waals surface area contributed by atoms with E-state index in [1.54, 1.807) is 0 Å². The average molecular weight is 311 g/mol. The van der Waals surface area contributed by atoms with Gasteiger partial charge in [0.1, 0.15) is 0 Å². The first kappa shape index (κ1) is 14.8. The molecule has 13 heteroatoms. The Morgan fingerprint density at radius 2 is 0.882 bits per heavy atom. The number of hydrogen-bond donors (Lipinski definition) is 1. The molecule has 2 unspecified atom stereocenters. The number of rotatable bonds is 0. The Kier molecular flexibility index (Phi) is 3.13. The van der Waals surface area contributed by atoms with Crippen LogP contribution in [-0.4, -0.2) is 30.8 Å². The normalized spacial score (nSPS) is 38.4. The first-order chi connectivity index (χ1) is 7.30. The molecule has 1 heterocycles. The Hall–Kier alpha value is -0.300. The van der Waals surface area contributed by atoms with Crippen molar-refractivity contribution in [1.82, 2.24) is 4.13 Å². The molecule has 0 aromatic carbocycles. The van der Waals surface area contributed by atoms with Crippen molar-refractivity contribution in [2.24, 2.45) is 0 Å². The van der Waals surface area contributed by atoms with Crippen molar-refractivity contribution in [3.8, 4) is 0 Å². The average Bonchev–Trinajstić information content (AvgIpc) is 2.16. The number of alkyl halides is 8. The Labute approximate surface area is 92.7 Å². The van der Waals surface area contributed by atoms with Gasteiger partial charge in [-0.05, 0) is 0 Å². The van der Waals surface area contributed by atoms with Gasteiger partial charge in [-0.1, -0.05) is 0 Å². The summed E-state index contributed by atoms with van der Waals surface area (Å²) >= 11 is 0. The van der Waals surface area contributed by atoms with Gasteiger partial charge >= 0.3 is 22.4 Å². The van der Waals surface area contributed by atoms with E-state index < -0.39 is 44.3 Å². The highest BCUT2D eigenvalue weighted by Gasteiger charge is 2.86. The van der Waals surface area contributed by atoms with Gasteiger partial charge in [-0.3, -0.25) is 0 Å². The van der Waals surface area contributed by atoms with Crippen molar-refractivity contribution in [2.75, 3.05) is 0 Å². The molecule has 0 aliphatic carbocycles. The quantitative estimate of drug-likeness (QED) is 0.687. The topological polar surface area (TPSA) is 46.2 Å². The van der Waals surface area contributed by atoms with Gasteiger partial charge in [0, 0.05) is 0 Å². The summed E-state index contributed by atoms with van der Waals surface area (Å²) in [7, 11) is -8.71. The molecule has 0 amide bonds. The molecule has 0 aromatic rings. The third-order valence-electron chi connectivity index (χ3n) is 1.74. The molecule has 1 rings (SSSR count). The third kappa shape index (κ3) is 1.62. The molecule has 1 aliphatic rings. The largest absolute Gasteiger partial charge is 0.403 e. The Morgan fingerprint density at radius 1 is 0.647 bits per heavy atom. The van der Waals surface area contributed by atoms with Gasteiger partial charge in [0.05, 0.1) is 0 Å². The lowest BCUT2D eigenvalue weighted by molar-refractivity contribution is -0.323. The van der Waals surface area contributed by atoms with E-state index in [0.29, 0.717) is 4.13 Å². The number of nitrogens with one attached hydrogen (secondary N) is 1. The molecule has 17 heavy (non-hydrogen) atoms. The molecule has 0 radical (unpaired) electrons. The maximum Gasteiger partial charge on any atom is 0.403 e. The second kappa shape index (κ2) is 3.60. The molecule has 2 atom stereocenters. The Balaban J connectivity index is 3.56. The molecule has 0 spiro atoms. The fourth-order valence-corrected chi connectivity index (χ4v) is 2.88. The van der Waals surface area contributed by atoms with Crippen molar-refractivity contribution < 1.29 is 43.5 Å². The van der Waals surface area contributed by atoms with Crippen LogP contribution in [0.15, 0.2) is 0 Å². The first-order valence-electron chi connectivity index (χ1n) is 3.41. The highest BCUT2D eigenvalue weighted by molar-refractivity contribution is 7.99. The Morgan fingerprint density at radius 3 is 1.12 bits per heavy atom. The molecule has 0 saturated carbocycles. The summed E-state index contributed by atoms with van der Waals surface area (Å²) in [6.45, 7) is 0. The zero-order valence-corrected chi connectivity index (χ0v) is 8.79. The van der Waals surface area contributed by atoms with Crippen molar-refractivity contribution in [3.63, 3.8) is 0 Å². The third-order valence-corrected chi connectivity index (χ3v) is 4.40. The fourth-order valence-electron chi connectivity index (χ4n) is 0.772. The Bertz CT molecular complexity index is 359. The van der Waals surface area contributed by atoms with Crippen LogP contribution in [0.4, 0.5) is 35.1 Å². The van der Waals surface area contributed by atoms with Crippen LogP contribution >= 0.6 is 0 Å². The summed E-state index contributed by atoms with van der Waals surface area (Å²) in [6.07, 6.45) is 0. The van der Waals surface area contributed by atoms with Crippen LogP contribution in [0.2, 0.25) is 0 Å². The maximum absolute atomic E-state index is 12.6. The monoisotopic (exact) mass is 311 g/mol. The van der Waals surface area contributed by atoms with Gasteiger partial charge in [-0.15, -0.1) is 4.13 Å². The van der Waals surface area contributed by atoms with Gasteiger partial charge in [-0.2, -0.15) is 35.1 Å². The van der Waals surface area contributed by atoms with Crippen LogP contribution in [0.5, 0.6) is 0 Å². The molecular formula is C4HF8NO2S2. The van der Waals surface area contributed by atoms with Gasteiger partial charge in [0.25, 0.3) is 0 Å². The molecule has 1 saturated heterocycles. The summed E-state index contributed by atoms with van der Waals surface area (Å²) in [5.74, 6) is -13.3. The summed E-state index contributed by atoms with van der Waals surface area (Å²) in [5, 5.41) is -12.0. The van der Waals surface area contributed by atoms with Crippen molar-refractivity contribution in [3.05, 3.63) is 0 Å². The molecule has 1 N–H and O–H groups in total. The first-order valence-corrected chi connectivity index (χ1v) is 5.71. The van der Waals surface area contributed by atoms with E-state index in [2.05, 4.69) is 0 Å². The van der Waals surface area contributed by atoms with Crippen molar-refractivity contribution >= 4 is 22.0 Å². The summed E-state index contributed by atoms with van der Waals surface area (Å²) in [4.78, 5) is 0. The molecule has 0 aromatic heterocycles. The molecule has 3 nitrogen and oxygen atoms in total. The lowest BCUT2D eigenvalue weighted by Crippen LogP contribution is -2.61. The van der Waals surface area contributed by atoms with E-state index in [9.17, 15) is 43.5 Å². The van der Waals surface area contributed by atoms with Crippen LogP contribution in [0.25, 0.3) is 0 Å². The predicted molar refractivity (Wildman–Crippen MR) is 39.2 cm³/mol. The molecule has 1 fully saturated rings. The summed E-state index contributed by atoms with van der Waals surface area (Å²) in [5.41, 5.74) is 0. The van der Waals surface area contributed by atoms with Crippen LogP contribution < -0.4 is 4.13 Å². The standard InChI is InChI=1S/C4HF8NO2S2/c5-1(6)2(7,8)4(11,12)17(15)13-16(14)3(1,9)10/h13H. The van der Waals surface area contributed by atoms with Gasteiger partial charge < -0.3 is 0 Å². The SMILES string of the molecule is O=S1NS(=O)C(F)(F)C(F)(F)C(F)(F)C1(F)F. The molecule has 0 bridgehead atoms. The zero-order chi connectivity index (χ0) is 13.9. The van der Waals surface area contributed by atoms with E-state index in [1.807, 2.05) is 0 Å². The van der Waals surface area contributed by atoms with Crippen LogP contribution in [0, 0.1) is 0 Å². The minimum Gasteiger partial charge on any atom is -0.235 e. The van der Waals surface area contributed by atoms with Crippen LogP contribution in [-0.2, 0) is 22.0 Å². The maximum atomic E-state index is 12.6. The molecule has 1 aliphatic heterocycles. The van der Waals surface area contributed by atoms with Gasteiger partial charge in [0.2, 0.25) is 0 Å². The van der Waals surface area contributed by atoms with Crippen LogP contribution in [0.1, 0.15) is 0 Å². The van der Waals surface area contributed by atoms with Crippen LogP contribution in [0.3, 0.4) is 0 Å². The van der Waals surface area contributed by atoms with E-state index in [4.69, 9.17) is 0 Å². The fraction of sp³-hybridized carbons (Fsp3) is 1.00. The second-order valence-corrected chi connectivity index (χ2v) is 5.57. The van der Waals surface area contributed by atoms with E-state index in [1.165, 1.54) is 0 Å². The molecule has 102 valence electrons. The zero-order valence-electron chi connectivity index (χ0n) is 7.16. The smallest absolute Gasteiger partial charge is 0.235 e. The van der Waals surface area contributed by atoms with Gasteiger partial charge in [0.15, 0.2) is 22.0 Å². The predicted octanol–water partition coefficient (Wildman–Crippen LogP) is 1.37. The molecular weight excluding hydrogens is 310 g/mol. The highest BCUT2D eigenvalue weighted by atomic mass is 32.3. The van der Waals surface area contributed by atoms with Crippen molar-refractivity contribution in [1.29, 1.82) is 0 Å². The van der Waals surface area contributed by atoms with E-state index >= 15 is 0 Å². The highest BCUT2D eigenvalue weighted by Crippen LogP contribution is 2.55. The number of halogens is 8. The minimum absolute atomic E-state index is 0.318. The summed E-state index contributed by atoms with van der Waals surface area (Å²) in [6, 6.07) is 0. The second-order valence-electron chi connectivity index (χ2n) is 2.80. The van der Waals surface area contributed by atoms with Crippen molar-refractivity contribution in [2.45, 2.75) is 22.4 Å². The lowest BCUT2D eigenvalue weighted by atomic mass is 10.2. The lowest BCUT2D eigenvalue weighted by Gasteiger charge is -2.31. The van der Waals surface area contributed by atoms with Gasteiger partial charge in [-0.25, -0.2) is 8.42 Å². The summed E-state index contributed by atoms with van der Waals surface area (Å²) < 4.78 is 122. The minimum atomic E-state index is -6.63. The van der Waals surface area contributed by atoms with E-state index in [-0.39, 0.29) is 0 Å². The number of hydrogen-bond acceptors (Lipinski definition) is 2.